The number of methoxy groups -OCH3 is 1. The minimum Gasteiger partial charge on any atom is -0.491 e. The molecule has 1 saturated heterocycles. The van der Waals surface area contributed by atoms with Gasteiger partial charge < -0.3 is 19.5 Å². The third kappa shape index (κ3) is 4.50. The molecular formula is C16H18N2O4. The number of carbonyl (C=O) groups excluding carboxylic acids is 1. The zero-order chi connectivity index (χ0) is 15.8. The van der Waals surface area contributed by atoms with E-state index in [-0.39, 0.29) is 11.7 Å². The Bertz CT molecular complexity index is 586. The van der Waals surface area contributed by atoms with Crippen LogP contribution in [-0.4, -0.2) is 32.4 Å². The number of hydrogen-bond donors (Lipinski definition) is 1. The molecule has 1 unspecified atom stereocenters. The Morgan fingerprint density at radius 2 is 2.45 bits per heavy atom. The van der Waals surface area contributed by atoms with E-state index in [4.69, 9.17) is 14.7 Å². The van der Waals surface area contributed by atoms with E-state index in [1.807, 2.05) is 18.2 Å². The number of nitrogens with zero attached hydrogens (tertiary/aromatic N) is 1. The maximum absolute atomic E-state index is 11.3. The number of carbonyl (C=O) groups is 1. The molecule has 1 aromatic rings. The molecule has 116 valence electrons. The number of nitrogens with one attached hydrogen (secondary N) is 1. The summed E-state index contributed by atoms with van der Waals surface area (Å²) in [6.07, 6.45) is 3.56. The fraction of sp³-hybridized carbons (Fsp3) is 0.375. The standard InChI is InChI=1S/C16H18N2O4/c1-20-16(19)12(9-17)10-18-13-4-2-5-14(8-13)22-11-15-6-3-7-21-15/h2,4-5,8,10,15,18H,3,6-7,11H2,1H3/b12-10+. The third-order valence-electron chi connectivity index (χ3n) is 3.20. The molecule has 6 heteroatoms. The summed E-state index contributed by atoms with van der Waals surface area (Å²) in [5.41, 5.74) is 0.606. The molecule has 1 heterocycles. The van der Waals surface area contributed by atoms with Gasteiger partial charge in [0.15, 0.2) is 5.57 Å². The van der Waals surface area contributed by atoms with Crippen LogP contribution in [0.2, 0.25) is 0 Å². The number of rotatable bonds is 6. The van der Waals surface area contributed by atoms with Gasteiger partial charge in [-0.3, -0.25) is 0 Å². The first kappa shape index (κ1) is 15.9. The van der Waals surface area contributed by atoms with Crippen molar-refractivity contribution in [3.05, 3.63) is 36.0 Å². The van der Waals surface area contributed by atoms with Gasteiger partial charge in [-0.25, -0.2) is 4.79 Å². The van der Waals surface area contributed by atoms with Crippen LogP contribution in [0.15, 0.2) is 36.0 Å². The second-order valence-corrected chi connectivity index (χ2v) is 4.78. The third-order valence-corrected chi connectivity index (χ3v) is 3.20. The molecule has 1 aromatic carbocycles. The quantitative estimate of drug-likeness (QED) is 0.493. The van der Waals surface area contributed by atoms with Crippen LogP contribution >= 0.6 is 0 Å². The summed E-state index contributed by atoms with van der Waals surface area (Å²) in [6, 6.07) is 9.04. The van der Waals surface area contributed by atoms with Gasteiger partial charge in [0.05, 0.1) is 13.2 Å². The van der Waals surface area contributed by atoms with Crippen LogP contribution in [0.3, 0.4) is 0 Å². The Morgan fingerprint density at radius 1 is 1.59 bits per heavy atom. The van der Waals surface area contributed by atoms with E-state index in [2.05, 4.69) is 10.1 Å². The molecule has 0 amide bonds. The van der Waals surface area contributed by atoms with Crippen molar-refractivity contribution in [1.29, 1.82) is 5.26 Å². The fourth-order valence-corrected chi connectivity index (χ4v) is 2.04. The molecule has 1 atom stereocenters. The average Bonchev–Trinajstić information content (AvgIpc) is 3.07. The molecule has 2 rings (SSSR count). The fourth-order valence-electron chi connectivity index (χ4n) is 2.04. The summed E-state index contributed by atoms with van der Waals surface area (Å²) >= 11 is 0. The van der Waals surface area contributed by atoms with Crippen LogP contribution in [0.4, 0.5) is 5.69 Å². The van der Waals surface area contributed by atoms with E-state index < -0.39 is 5.97 Å². The monoisotopic (exact) mass is 302 g/mol. The largest absolute Gasteiger partial charge is 0.491 e. The van der Waals surface area contributed by atoms with Crippen molar-refractivity contribution in [3.8, 4) is 11.8 Å². The zero-order valence-corrected chi connectivity index (χ0v) is 12.4. The SMILES string of the molecule is COC(=O)/C(C#N)=C/Nc1cccc(OCC2CCCO2)c1. The second kappa shape index (κ2) is 8.05. The summed E-state index contributed by atoms with van der Waals surface area (Å²) in [7, 11) is 1.23. The molecule has 0 saturated carbocycles. The molecule has 1 fully saturated rings. The van der Waals surface area contributed by atoms with E-state index >= 15 is 0 Å². The lowest BCUT2D eigenvalue weighted by atomic mass is 10.2. The van der Waals surface area contributed by atoms with Crippen LogP contribution in [0.25, 0.3) is 0 Å². The first-order valence-electron chi connectivity index (χ1n) is 7.02. The molecule has 1 N–H and O–H groups in total. The highest BCUT2D eigenvalue weighted by Crippen LogP contribution is 2.20. The van der Waals surface area contributed by atoms with Gasteiger partial charge in [-0.1, -0.05) is 6.07 Å². The Labute approximate surface area is 129 Å². The number of hydrogen-bond acceptors (Lipinski definition) is 6. The first-order chi connectivity index (χ1) is 10.7. The summed E-state index contributed by atoms with van der Waals surface area (Å²) in [5.74, 6) is 0.0197. The molecule has 0 bridgehead atoms. The van der Waals surface area contributed by atoms with Crippen LogP contribution in [0.1, 0.15) is 12.8 Å². The van der Waals surface area contributed by atoms with Gasteiger partial charge in [-0.05, 0) is 25.0 Å². The molecule has 0 radical (unpaired) electrons. The van der Waals surface area contributed by atoms with Gasteiger partial charge in [-0.15, -0.1) is 0 Å². The van der Waals surface area contributed by atoms with Crippen molar-refractivity contribution in [3.63, 3.8) is 0 Å². The molecule has 22 heavy (non-hydrogen) atoms. The van der Waals surface area contributed by atoms with Gasteiger partial charge in [0.1, 0.15) is 18.4 Å². The van der Waals surface area contributed by atoms with Crippen molar-refractivity contribution in [2.24, 2.45) is 0 Å². The first-order valence-corrected chi connectivity index (χ1v) is 7.02. The van der Waals surface area contributed by atoms with E-state index in [1.54, 1.807) is 12.1 Å². The lowest BCUT2D eigenvalue weighted by Crippen LogP contribution is -2.16. The normalized spacial score (nSPS) is 17.6. The Balaban J connectivity index is 1.94. The minimum absolute atomic E-state index is 0.104. The highest BCUT2D eigenvalue weighted by Gasteiger charge is 2.16. The number of benzene rings is 1. The van der Waals surface area contributed by atoms with Crippen molar-refractivity contribution < 1.29 is 19.0 Å². The Morgan fingerprint density at radius 3 is 3.14 bits per heavy atom. The molecule has 0 spiro atoms. The predicted octanol–water partition coefficient (Wildman–Crippen LogP) is 2.24. The van der Waals surface area contributed by atoms with Crippen molar-refractivity contribution in [2.45, 2.75) is 18.9 Å². The van der Waals surface area contributed by atoms with Crippen LogP contribution < -0.4 is 10.1 Å². The zero-order valence-electron chi connectivity index (χ0n) is 12.4. The maximum atomic E-state index is 11.3. The molecule has 6 nitrogen and oxygen atoms in total. The molecule has 0 aliphatic carbocycles. The van der Waals surface area contributed by atoms with Crippen molar-refractivity contribution >= 4 is 11.7 Å². The summed E-state index contributed by atoms with van der Waals surface area (Å²) in [6.45, 7) is 1.32. The minimum atomic E-state index is -0.680. The van der Waals surface area contributed by atoms with Crippen LogP contribution in [0.5, 0.6) is 5.75 Å². The van der Waals surface area contributed by atoms with Crippen LogP contribution in [-0.2, 0) is 14.3 Å². The predicted molar refractivity (Wildman–Crippen MR) is 80.2 cm³/mol. The van der Waals surface area contributed by atoms with E-state index in [1.165, 1.54) is 13.3 Å². The second-order valence-electron chi connectivity index (χ2n) is 4.78. The molecular weight excluding hydrogens is 284 g/mol. The number of ether oxygens (including phenoxy) is 3. The topological polar surface area (TPSA) is 80.6 Å². The lowest BCUT2D eigenvalue weighted by Gasteiger charge is -2.12. The van der Waals surface area contributed by atoms with Crippen molar-refractivity contribution in [1.82, 2.24) is 0 Å². The number of esters is 1. The summed E-state index contributed by atoms with van der Waals surface area (Å²) in [5, 5.41) is 11.8. The number of anilines is 1. The highest BCUT2D eigenvalue weighted by molar-refractivity contribution is 5.93. The molecule has 0 aromatic heterocycles. The van der Waals surface area contributed by atoms with Gasteiger partial charge in [0.2, 0.25) is 0 Å². The smallest absolute Gasteiger partial charge is 0.350 e. The summed E-state index contributed by atoms with van der Waals surface area (Å²) in [4.78, 5) is 11.3. The van der Waals surface area contributed by atoms with Gasteiger partial charge in [0, 0.05) is 24.6 Å². The molecule has 1 aliphatic rings. The lowest BCUT2D eigenvalue weighted by molar-refractivity contribution is -0.135. The van der Waals surface area contributed by atoms with Gasteiger partial charge in [0.25, 0.3) is 0 Å². The van der Waals surface area contributed by atoms with E-state index in [0.29, 0.717) is 18.0 Å². The summed E-state index contributed by atoms with van der Waals surface area (Å²) < 4.78 is 15.7. The van der Waals surface area contributed by atoms with Crippen molar-refractivity contribution in [2.75, 3.05) is 25.6 Å². The van der Waals surface area contributed by atoms with E-state index in [0.717, 1.165) is 19.4 Å². The van der Waals surface area contributed by atoms with Crippen LogP contribution in [0, 0.1) is 11.3 Å². The van der Waals surface area contributed by atoms with Gasteiger partial charge in [-0.2, -0.15) is 5.26 Å². The van der Waals surface area contributed by atoms with E-state index in [9.17, 15) is 4.79 Å². The highest BCUT2D eigenvalue weighted by atomic mass is 16.5. The Hall–Kier alpha value is -2.52. The number of nitriles is 1. The van der Waals surface area contributed by atoms with Gasteiger partial charge >= 0.3 is 5.97 Å². The molecule has 1 aliphatic heterocycles. The maximum Gasteiger partial charge on any atom is 0.350 e. The Kier molecular flexibility index (Phi) is 5.81. The average molecular weight is 302 g/mol.